The highest BCUT2D eigenvalue weighted by Gasteiger charge is 2.31. The zero-order chi connectivity index (χ0) is 12.4. The molecule has 2 rings (SSSR count). The van der Waals surface area contributed by atoms with Gasteiger partial charge in [-0.1, -0.05) is 18.5 Å². The largest absolute Gasteiger partial charge is 0.368 e. The summed E-state index contributed by atoms with van der Waals surface area (Å²) in [6.45, 7) is 4.45. The molecule has 1 saturated heterocycles. The minimum Gasteiger partial charge on any atom is -0.368 e. The van der Waals surface area contributed by atoms with Crippen LogP contribution in [-0.4, -0.2) is 23.6 Å². The molecule has 1 aromatic heterocycles. The Labute approximate surface area is 105 Å². The molecule has 2 heterocycles. The van der Waals surface area contributed by atoms with E-state index in [1.807, 2.05) is 6.92 Å². The lowest BCUT2D eigenvalue weighted by atomic mass is 10.0. The van der Waals surface area contributed by atoms with Crippen LogP contribution in [0.1, 0.15) is 19.0 Å². The van der Waals surface area contributed by atoms with Gasteiger partial charge in [0.1, 0.15) is 6.10 Å². The number of ether oxygens (including phenoxy) is 1. The van der Waals surface area contributed by atoms with Crippen LogP contribution in [0.5, 0.6) is 0 Å². The van der Waals surface area contributed by atoms with Crippen LogP contribution in [0.3, 0.4) is 0 Å². The van der Waals surface area contributed by atoms with E-state index in [1.165, 1.54) is 0 Å². The molecule has 1 aromatic rings. The van der Waals surface area contributed by atoms with Gasteiger partial charge in [0.2, 0.25) is 0 Å². The molecule has 0 saturated carbocycles. The van der Waals surface area contributed by atoms with Crippen molar-refractivity contribution in [3.05, 3.63) is 23.0 Å². The van der Waals surface area contributed by atoms with Gasteiger partial charge in [0, 0.05) is 12.8 Å². The van der Waals surface area contributed by atoms with Crippen molar-refractivity contribution >= 4 is 23.2 Å². The fraction of sp³-hybridized carbons (Fsp3) is 0.500. The molecule has 0 aromatic carbocycles. The van der Waals surface area contributed by atoms with Gasteiger partial charge in [-0.15, -0.1) is 0 Å². The van der Waals surface area contributed by atoms with Crippen molar-refractivity contribution in [3.8, 4) is 0 Å². The number of halogens is 1. The van der Waals surface area contributed by atoms with Crippen LogP contribution in [0, 0.1) is 12.8 Å². The summed E-state index contributed by atoms with van der Waals surface area (Å²) in [6.07, 6.45) is 2.16. The van der Waals surface area contributed by atoms with Gasteiger partial charge in [-0.05, 0) is 25.3 Å². The molecule has 17 heavy (non-hydrogen) atoms. The van der Waals surface area contributed by atoms with Gasteiger partial charge in [0.25, 0.3) is 5.91 Å². The molecule has 4 nitrogen and oxygen atoms in total. The monoisotopic (exact) mass is 254 g/mol. The maximum Gasteiger partial charge on any atom is 0.253 e. The minimum atomic E-state index is -0.375. The topological polar surface area (TPSA) is 51.2 Å². The van der Waals surface area contributed by atoms with E-state index in [1.54, 1.807) is 19.2 Å². The van der Waals surface area contributed by atoms with E-state index in [0.29, 0.717) is 23.0 Å². The zero-order valence-electron chi connectivity index (χ0n) is 9.87. The summed E-state index contributed by atoms with van der Waals surface area (Å²) >= 11 is 6.06. The third-order valence-electron chi connectivity index (χ3n) is 2.97. The fourth-order valence-electron chi connectivity index (χ4n) is 1.88. The highest BCUT2D eigenvalue weighted by atomic mass is 35.5. The number of amides is 1. The van der Waals surface area contributed by atoms with E-state index in [9.17, 15) is 4.79 Å². The Hall–Kier alpha value is -1.13. The Morgan fingerprint density at radius 3 is 3.06 bits per heavy atom. The van der Waals surface area contributed by atoms with Crippen molar-refractivity contribution in [2.75, 3.05) is 11.9 Å². The molecule has 0 radical (unpaired) electrons. The Morgan fingerprint density at radius 1 is 1.65 bits per heavy atom. The van der Waals surface area contributed by atoms with E-state index in [-0.39, 0.29) is 17.9 Å². The lowest BCUT2D eigenvalue weighted by Gasteiger charge is -2.15. The second-order valence-electron chi connectivity index (χ2n) is 4.30. The van der Waals surface area contributed by atoms with Gasteiger partial charge in [-0.3, -0.25) is 9.78 Å². The number of nitrogens with one attached hydrogen (secondary N) is 1. The number of anilines is 1. The molecular formula is C12H15ClN2O2. The molecule has 0 unspecified atom stereocenters. The van der Waals surface area contributed by atoms with Gasteiger partial charge in [-0.25, -0.2) is 0 Å². The smallest absolute Gasteiger partial charge is 0.253 e. The number of nitrogens with zero attached hydrogens (tertiary/aromatic N) is 1. The number of pyridine rings is 1. The maximum atomic E-state index is 12.0. The van der Waals surface area contributed by atoms with Crippen molar-refractivity contribution in [3.63, 3.8) is 0 Å². The average molecular weight is 255 g/mol. The highest BCUT2D eigenvalue weighted by Crippen LogP contribution is 2.26. The lowest BCUT2D eigenvalue weighted by molar-refractivity contribution is -0.126. The van der Waals surface area contributed by atoms with Crippen LogP contribution in [0.15, 0.2) is 12.3 Å². The van der Waals surface area contributed by atoms with Gasteiger partial charge in [-0.2, -0.15) is 0 Å². The molecule has 2 atom stereocenters. The van der Waals surface area contributed by atoms with E-state index >= 15 is 0 Å². The Kier molecular flexibility index (Phi) is 3.64. The van der Waals surface area contributed by atoms with Crippen molar-refractivity contribution in [1.29, 1.82) is 0 Å². The summed E-state index contributed by atoms with van der Waals surface area (Å²) in [7, 11) is 0. The summed E-state index contributed by atoms with van der Waals surface area (Å²) in [5, 5.41) is 3.27. The second-order valence-corrected chi connectivity index (χ2v) is 4.68. The number of rotatable bonds is 2. The minimum absolute atomic E-state index is 0.137. The van der Waals surface area contributed by atoms with Crippen molar-refractivity contribution < 1.29 is 9.53 Å². The van der Waals surface area contributed by atoms with Crippen molar-refractivity contribution in [2.45, 2.75) is 26.4 Å². The summed E-state index contributed by atoms with van der Waals surface area (Å²) in [5.74, 6) is 0.110. The molecule has 1 fully saturated rings. The SMILES string of the molecule is Cc1nccc(NC(=O)[C@H]2OCC[C@@H]2C)c1Cl. The van der Waals surface area contributed by atoms with Crippen molar-refractivity contribution in [1.82, 2.24) is 4.98 Å². The Bertz CT molecular complexity index is 437. The van der Waals surface area contributed by atoms with Crippen LogP contribution in [0.2, 0.25) is 5.02 Å². The number of carbonyl (C=O) groups is 1. The normalized spacial score (nSPS) is 23.7. The van der Waals surface area contributed by atoms with Crippen LogP contribution >= 0.6 is 11.6 Å². The van der Waals surface area contributed by atoms with Crippen LogP contribution < -0.4 is 5.32 Å². The Balaban J connectivity index is 2.10. The molecule has 1 aliphatic rings. The lowest BCUT2D eigenvalue weighted by Crippen LogP contribution is -2.31. The predicted molar refractivity (Wildman–Crippen MR) is 66.1 cm³/mol. The van der Waals surface area contributed by atoms with Gasteiger partial charge < -0.3 is 10.1 Å². The van der Waals surface area contributed by atoms with E-state index in [4.69, 9.17) is 16.3 Å². The second kappa shape index (κ2) is 5.02. The van der Waals surface area contributed by atoms with Crippen LogP contribution in [0.25, 0.3) is 0 Å². The van der Waals surface area contributed by atoms with E-state index < -0.39 is 0 Å². The third-order valence-corrected chi connectivity index (χ3v) is 3.44. The maximum absolute atomic E-state index is 12.0. The summed E-state index contributed by atoms with van der Waals surface area (Å²) in [4.78, 5) is 16.0. The third kappa shape index (κ3) is 2.58. The van der Waals surface area contributed by atoms with E-state index in [2.05, 4.69) is 10.3 Å². The number of aryl methyl sites for hydroxylation is 1. The molecule has 1 aliphatic heterocycles. The number of aromatic nitrogens is 1. The first kappa shape index (κ1) is 12.3. The predicted octanol–water partition coefficient (Wildman–Crippen LogP) is 2.41. The highest BCUT2D eigenvalue weighted by molar-refractivity contribution is 6.34. The zero-order valence-corrected chi connectivity index (χ0v) is 10.6. The molecule has 1 amide bonds. The quantitative estimate of drug-likeness (QED) is 0.882. The molecule has 0 spiro atoms. The molecule has 5 heteroatoms. The summed E-state index contributed by atoms with van der Waals surface area (Å²) in [5.41, 5.74) is 1.29. The van der Waals surface area contributed by atoms with Gasteiger partial charge in [0.15, 0.2) is 0 Å². The molecule has 1 N–H and O–H groups in total. The first-order valence-electron chi connectivity index (χ1n) is 5.63. The average Bonchev–Trinajstić information content (AvgIpc) is 2.71. The molecule has 0 aliphatic carbocycles. The fourth-order valence-corrected chi connectivity index (χ4v) is 2.04. The number of hydrogen-bond acceptors (Lipinski definition) is 3. The van der Waals surface area contributed by atoms with E-state index in [0.717, 1.165) is 6.42 Å². The van der Waals surface area contributed by atoms with Crippen LogP contribution in [-0.2, 0) is 9.53 Å². The summed E-state index contributed by atoms with van der Waals surface area (Å²) < 4.78 is 5.40. The molecule has 0 bridgehead atoms. The van der Waals surface area contributed by atoms with Crippen molar-refractivity contribution in [2.24, 2.45) is 5.92 Å². The first-order chi connectivity index (χ1) is 8.09. The van der Waals surface area contributed by atoms with Gasteiger partial charge in [0.05, 0.1) is 16.4 Å². The number of hydrogen-bond donors (Lipinski definition) is 1. The molecular weight excluding hydrogens is 240 g/mol. The summed E-state index contributed by atoms with van der Waals surface area (Å²) in [6, 6.07) is 1.69. The standard InChI is InChI=1S/C12H15ClN2O2/c1-7-4-6-17-11(7)12(16)15-9-3-5-14-8(2)10(9)13/h3,5,7,11H,4,6H2,1-2H3,(H,14,15,16)/t7-,11-/m0/s1. The van der Waals surface area contributed by atoms with Gasteiger partial charge >= 0.3 is 0 Å². The first-order valence-corrected chi connectivity index (χ1v) is 6.01. The van der Waals surface area contributed by atoms with Crippen LogP contribution in [0.4, 0.5) is 5.69 Å². The number of carbonyl (C=O) groups excluding carboxylic acids is 1. The Morgan fingerprint density at radius 2 is 2.41 bits per heavy atom. The molecule has 92 valence electrons.